The molecule has 18 heavy (non-hydrogen) atoms. The summed E-state index contributed by atoms with van der Waals surface area (Å²) in [4.78, 5) is 11.0. The van der Waals surface area contributed by atoms with Crippen LogP contribution < -0.4 is 4.74 Å². The smallest absolute Gasteiger partial charge is 0.161 e. The number of ether oxygens (including phenoxy) is 1. The van der Waals surface area contributed by atoms with Crippen molar-refractivity contribution in [2.24, 2.45) is 0 Å². The Kier molecular flexibility index (Phi) is 5.71. The molecule has 96 valence electrons. The zero-order chi connectivity index (χ0) is 13.4. The molecule has 1 rings (SSSR count). The number of hydrogen-bond acceptors (Lipinski definition) is 3. The zero-order valence-corrected chi connectivity index (χ0v) is 10.7. The third-order valence-electron chi connectivity index (χ3n) is 2.31. The Labute approximate surface area is 107 Å². The predicted molar refractivity (Wildman–Crippen MR) is 72.7 cm³/mol. The number of carbonyl (C=O) groups is 1. The minimum absolute atomic E-state index is 0.0976. The summed E-state index contributed by atoms with van der Waals surface area (Å²) in [6, 6.07) is 5.13. The van der Waals surface area contributed by atoms with Crippen molar-refractivity contribution < 1.29 is 14.6 Å². The van der Waals surface area contributed by atoms with Crippen molar-refractivity contribution in [2.75, 3.05) is 6.61 Å². The van der Waals surface area contributed by atoms with Crippen molar-refractivity contribution >= 4 is 11.9 Å². The molecule has 0 heterocycles. The van der Waals surface area contributed by atoms with Crippen LogP contribution in [0.3, 0.4) is 0 Å². The van der Waals surface area contributed by atoms with Gasteiger partial charge >= 0.3 is 0 Å². The predicted octanol–water partition coefficient (Wildman–Crippen LogP) is 3.34. The van der Waals surface area contributed by atoms with E-state index in [1.807, 2.05) is 19.9 Å². The second kappa shape index (κ2) is 7.33. The topological polar surface area (TPSA) is 46.5 Å². The van der Waals surface area contributed by atoms with E-state index in [-0.39, 0.29) is 11.5 Å². The summed E-state index contributed by atoms with van der Waals surface area (Å²) in [5, 5.41) is 9.53. The van der Waals surface area contributed by atoms with E-state index < -0.39 is 0 Å². The minimum atomic E-state index is 0.0976. The van der Waals surface area contributed by atoms with Crippen LogP contribution in [-0.4, -0.2) is 17.5 Å². The molecule has 3 nitrogen and oxygen atoms in total. The largest absolute Gasteiger partial charge is 0.504 e. The summed E-state index contributed by atoms with van der Waals surface area (Å²) < 4.78 is 5.28. The standard InChI is InChI=1S/C15H18O3/c1-3-13(16)8-6-5-7-12-9-10-14(17)15(11-12)18-4-2/h5-11,17H,3-4H2,1-2H3. The first-order valence-corrected chi connectivity index (χ1v) is 6.00. The van der Waals surface area contributed by atoms with Crippen LogP contribution in [0.1, 0.15) is 25.8 Å². The van der Waals surface area contributed by atoms with Crippen LogP contribution in [0.5, 0.6) is 11.5 Å². The molecule has 1 N–H and O–H groups in total. The Hall–Kier alpha value is -2.03. The maximum absolute atomic E-state index is 11.0. The van der Waals surface area contributed by atoms with Crippen molar-refractivity contribution in [1.29, 1.82) is 0 Å². The third kappa shape index (κ3) is 4.45. The van der Waals surface area contributed by atoms with Gasteiger partial charge in [0.05, 0.1) is 6.61 Å². The molecular weight excluding hydrogens is 228 g/mol. The number of rotatable bonds is 6. The quantitative estimate of drug-likeness (QED) is 0.618. The van der Waals surface area contributed by atoms with Crippen molar-refractivity contribution in [3.8, 4) is 11.5 Å². The maximum atomic E-state index is 11.0. The molecule has 0 aliphatic heterocycles. The molecule has 0 amide bonds. The highest BCUT2D eigenvalue weighted by Crippen LogP contribution is 2.27. The summed E-state index contributed by atoms with van der Waals surface area (Å²) in [5.74, 6) is 0.694. The van der Waals surface area contributed by atoms with Gasteiger partial charge in [0.1, 0.15) is 0 Å². The highest BCUT2D eigenvalue weighted by molar-refractivity contribution is 5.89. The molecule has 0 saturated heterocycles. The van der Waals surface area contributed by atoms with Crippen LogP contribution in [0.2, 0.25) is 0 Å². The second-order valence-electron chi connectivity index (χ2n) is 3.70. The number of phenols is 1. The van der Waals surface area contributed by atoms with Crippen molar-refractivity contribution in [2.45, 2.75) is 20.3 Å². The molecule has 0 unspecified atom stereocenters. The number of carbonyl (C=O) groups excluding carboxylic acids is 1. The molecule has 0 bridgehead atoms. The summed E-state index contributed by atoms with van der Waals surface area (Å²) in [7, 11) is 0. The Morgan fingerprint density at radius 1 is 1.33 bits per heavy atom. The van der Waals surface area contributed by atoms with Crippen LogP contribution >= 0.6 is 0 Å². The van der Waals surface area contributed by atoms with E-state index in [2.05, 4.69) is 0 Å². The van der Waals surface area contributed by atoms with Crippen LogP contribution in [-0.2, 0) is 4.79 Å². The second-order valence-corrected chi connectivity index (χ2v) is 3.70. The molecule has 0 aliphatic carbocycles. The van der Waals surface area contributed by atoms with E-state index in [1.165, 1.54) is 0 Å². The van der Waals surface area contributed by atoms with Gasteiger partial charge in [-0.2, -0.15) is 0 Å². The summed E-state index contributed by atoms with van der Waals surface area (Å²) >= 11 is 0. The normalized spacial score (nSPS) is 11.2. The van der Waals surface area contributed by atoms with Gasteiger partial charge in [-0.1, -0.05) is 31.2 Å². The molecule has 1 aromatic carbocycles. The number of hydrogen-bond donors (Lipinski definition) is 1. The maximum Gasteiger partial charge on any atom is 0.161 e. The molecule has 0 spiro atoms. The molecule has 1 aromatic rings. The Balaban J connectivity index is 2.73. The van der Waals surface area contributed by atoms with Crippen molar-refractivity contribution in [3.63, 3.8) is 0 Å². The molecule has 0 atom stereocenters. The average Bonchev–Trinajstić information content (AvgIpc) is 2.38. The number of benzene rings is 1. The molecular formula is C15H18O3. The van der Waals surface area contributed by atoms with Gasteiger partial charge in [0.25, 0.3) is 0 Å². The van der Waals surface area contributed by atoms with Gasteiger partial charge in [-0.15, -0.1) is 0 Å². The van der Waals surface area contributed by atoms with E-state index in [0.717, 1.165) is 5.56 Å². The zero-order valence-electron chi connectivity index (χ0n) is 10.7. The summed E-state index contributed by atoms with van der Waals surface area (Å²) in [5.41, 5.74) is 0.907. The Bertz CT molecular complexity index is 459. The molecule has 0 fully saturated rings. The van der Waals surface area contributed by atoms with Crippen LogP contribution in [0.25, 0.3) is 6.08 Å². The number of aromatic hydroxyl groups is 1. The first kappa shape index (κ1) is 14.0. The fraction of sp³-hybridized carbons (Fsp3) is 0.267. The van der Waals surface area contributed by atoms with E-state index >= 15 is 0 Å². The lowest BCUT2D eigenvalue weighted by Gasteiger charge is -2.05. The lowest BCUT2D eigenvalue weighted by atomic mass is 10.2. The number of allylic oxidation sites excluding steroid dienone is 3. The lowest BCUT2D eigenvalue weighted by Crippen LogP contribution is -1.91. The van der Waals surface area contributed by atoms with Gasteiger partial charge in [0.2, 0.25) is 0 Å². The van der Waals surface area contributed by atoms with Gasteiger partial charge in [0.15, 0.2) is 17.3 Å². The first-order chi connectivity index (χ1) is 8.67. The monoisotopic (exact) mass is 246 g/mol. The van der Waals surface area contributed by atoms with E-state index in [4.69, 9.17) is 4.74 Å². The summed E-state index contributed by atoms with van der Waals surface area (Å²) in [6.07, 6.45) is 7.40. The molecule has 0 aliphatic rings. The SMILES string of the molecule is CCOc1cc(C=CC=CC(=O)CC)ccc1O. The minimum Gasteiger partial charge on any atom is -0.504 e. The van der Waals surface area contributed by atoms with Crippen LogP contribution in [0.4, 0.5) is 0 Å². The van der Waals surface area contributed by atoms with Gasteiger partial charge in [-0.3, -0.25) is 4.79 Å². The van der Waals surface area contributed by atoms with Gasteiger partial charge in [0, 0.05) is 6.42 Å². The summed E-state index contributed by atoms with van der Waals surface area (Å²) in [6.45, 7) is 4.19. The molecule has 0 radical (unpaired) electrons. The number of ketones is 1. The van der Waals surface area contributed by atoms with E-state index in [1.54, 1.807) is 36.4 Å². The molecule has 0 saturated carbocycles. The van der Waals surface area contributed by atoms with Crippen LogP contribution in [0, 0.1) is 0 Å². The average molecular weight is 246 g/mol. The van der Waals surface area contributed by atoms with Gasteiger partial charge in [-0.25, -0.2) is 0 Å². The Morgan fingerprint density at radius 3 is 2.78 bits per heavy atom. The van der Waals surface area contributed by atoms with Crippen molar-refractivity contribution in [1.82, 2.24) is 0 Å². The third-order valence-corrected chi connectivity index (χ3v) is 2.31. The van der Waals surface area contributed by atoms with Crippen molar-refractivity contribution in [3.05, 3.63) is 42.0 Å². The highest BCUT2D eigenvalue weighted by atomic mass is 16.5. The number of phenolic OH excluding ortho intramolecular Hbond substituents is 1. The fourth-order valence-electron chi connectivity index (χ4n) is 1.35. The van der Waals surface area contributed by atoms with Gasteiger partial charge < -0.3 is 9.84 Å². The fourth-order valence-corrected chi connectivity index (χ4v) is 1.35. The lowest BCUT2D eigenvalue weighted by molar-refractivity contribution is -0.114. The molecule has 3 heteroatoms. The van der Waals surface area contributed by atoms with Crippen LogP contribution in [0.15, 0.2) is 36.4 Å². The highest BCUT2D eigenvalue weighted by Gasteiger charge is 2.00. The van der Waals surface area contributed by atoms with E-state index in [9.17, 15) is 9.90 Å². The van der Waals surface area contributed by atoms with Gasteiger partial charge in [-0.05, 0) is 30.7 Å². The van der Waals surface area contributed by atoms with E-state index in [0.29, 0.717) is 18.8 Å². The molecule has 0 aromatic heterocycles. The first-order valence-electron chi connectivity index (χ1n) is 6.00. The Morgan fingerprint density at radius 2 is 2.11 bits per heavy atom.